The molecule has 5 heteroatoms. The second kappa shape index (κ2) is 6.12. The van der Waals surface area contributed by atoms with Crippen molar-refractivity contribution >= 4 is 11.3 Å². The molecule has 3 nitrogen and oxygen atoms in total. The predicted molar refractivity (Wildman–Crippen MR) is 75.0 cm³/mol. The van der Waals surface area contributed by atoms with Crippen LogP contribution in [0.5, 0.6) is 5.75 Å². The molecule has 19 heavy (non-hydrogen) atoms. The predicted octanol–water partition coefficient (Wildman–Crippen LogP) is 3.44. The van der Waals surface area contributed by atoms with Gasteiger partial charge in [0.15, 0.2) is 0 Å². The van der Waals surface area contributed by atoms with E-state index in [0.717, 1.165) is 17.6 Å². The minimum atomic E-state index is -0.387. The number of aromatic hydroxyl groups is 1. The zero-order valence-electron chi connectivity index (χ0n) is 10.9. The third kappa shape index (κ3) is 3.52. The largest absolute Gasteiger partial charge is 0.508 e. The molecule has 0 saturated heterocycles. The van der Waals surface area contributed by atoms with E-state index >= 15 is 0 Å². The summed E-state index contributed by atoms with van der Waals surface area (Å²) in [7, 11) is 0. The van der Waals surface area contributed by atoms with Crippen LogP contribution >= 0.6 is 11.3 Å². The molecular formula is C14H17FN2OS. The lowest BCUT2D eigenvalue weighted by Crippen LogP contribution is -2.24. The molecule has 2 rings (SSSR count). The SMILES string of the molecule is CC(CNC(C)c1ccc(O)cc1F)c1nccs1. The van der Waals surface area contributed by atoms with E-state index in [1.54, 1.807) is 23.6 Å². The zero-order chi connectivity index (χ0) is 13.8. The van der Waals surface area contributed by atoms with Gasteiger partial charge in [-0.2, -0.15) is 0 Å². The second-order valence-corrected chi connectivity index (χ2v) is 5.53. The monoisotopic (exact) mass is 280 g/mol. The van der Waals surface area contributed by atoms with Gasteiger partial charge >= 0.3 is 0 Å². The summed E-state index contributed by atoms with van der Waals surface area (Å²) in [5.74, 6) is -0.144. The van der Waals surface area contributed by atoms with Crippen LogP contribution in [0.1, 0.15) is 36.4 Å². The molecule has 0 aliphatic carbocycles. The Morgan fingerprint density at radius 3 is 2.84 bits per heavy atom. The van der Waals surface area contributed by atoms with Crippen molar-refractivity contribution in [3.8, 4) is 5.75 Å². The molecule has 1 aromatic heterocycles. The van der Waals surface area contributed by atoms with Crippen LogP contribution in [0.2, 0.25) is 0 Å². The van der Waals surface area contributed by atoms with Gasteiger partial charge in [-0.3, -0.25) is 0 Å². The minimum absolute atomic E-state index is 0.0513. The normalized spacial score (nSPS) is 14.3. The Morgan fingerprint density at radius 2 is 2.21 bits per heavy atom. The Balaban J connectivity index is 1.96. The van der Waals surface area contributed by atoms with E-state index in [-0.39, 0.29) is 17.6 Å². The molecule has 0 spiro atoms. The van der Waals surface area contributed by atoms with Gasteiger partial charge in [0.2, 0.25) is 0 Å². The van der Waals surface area contributed by atoms with Crippen LogP contribution < -0.4 is 5.32 Å². The molecule has 2 aromatic rings. The van der Waals surface area contributed by atoms with E-state index < -0.39 is 0 Å². The summed E-state index contributed by atoms with van der Waals surface area (Å²) in [5, 5.41) is 15.5. The van der Waals surface area contributed by atoms with Crippen molar-refractivity contribution in [2.75, 3.05) is 6.54 Å². The Kier molecular flexibility index (Phi) is 4.50. The maximum absolute atomic E-state index is 13.7. The van der Waals surface area contributed by atoms with Crippen LogP contribution in [-0.4, -0.2) is 16.6 Å². The number of hydrogen-bond donors (Lipinski definition) is 2. The molecule has 0 aliphatic rings. The summed E-state index contributed by atoms with van der Waals surface area (Å²) in [6, 6.07) is 4.14. The number of nitrogens with one attached hydrogen (secondary N) is 1. The van der Waals surface area contributed by atoms with E-state index in [4.69, 9.17) is 0 Å². The molecule has 2 N–H and O–H groups in total. The fraction of sp³-hybridized carbons (Fsp3) is 0.357. The summed E-state index contributed by atoms with van der Waals surface area (Å²) >= 11 is 1.63. The topological polar surface area (TPSA) is 45.1 Å². The molecule has 0 amide bonds. The molecule has 2 atom stereocenters. The maximum Gasteiger partial charge on any atom is 0.131 e. The highest BCUT2D eigenvalue weighted by Gasteiger charge is 2.14. The Bertz CT molecular complexity index is 530. The first kappa shape index (κ1) is 14.0. The van der Waals surface area contributed by atoms with Crippen LogP contribution in [0.3, 0.4) is 0 Å². The summed E-state index contributed by atoms with van der Waals surface area (Å²) < 4.78 is 13.7. The molecule has 0 radical (unpaired) electrons. The van der Waals surface area contributed by atoms with Gasteiger partial charge in [0.1, 0.15) is 11.6 Å². The van der Waals surface area contributed by atoms with E-state index in [0.29, 0.717) is 11.5 Å². The molecule has 0 bridgehead atoms. The van der Waals surface area contributed by atoms with Crippen molar-refractivity contribution in [2.24, 2.45) is 0 Å². The van der Waals surface area contributed by atoms with Crippen LogP contribution in [0.15, 0.2) is 29.8 Å². The number of halogens is 1. The molecule has 2 unspecified atom stereocenters. The smallest absolute Gasteiger partial charge is 0.131 e. The number of benzene rings is 1. The number of hydrogen-bond acceptors (Lipinski definition) is 4. The molecule has 1 aromatic carbocycles. The number of phenolic OH excluding ortho intramolecular Hbond substituents is 1. The third-order valence-electron chi connectivity index (χ3n) is 3.05. The van der Waals surface area contributed by atoms with E-state index in [1.165, 1.54) is 6.07 Å². The van der Waals surface area contributed by atoms with Crippen LogP contribution in [-0.2, 0) is 0 Å². The zero-order valence-corrected chi connectivity index (χ0v) is 11.7. The Morgan fingerprint density at radius 1 is 1.42 bits per heavy atom. The van der Waals surface area contributed by atoms with Crippen LogP contribution in [0.25, 0.3) is 0 Å². The van der Waals surface area contributed by atoms with Crippen molar-refractivity contribution in [2.45, 2.75) is 25.8 Å². The highest BCUT2D eigenvalue weighted by atomic mass is 32.1. The first-order chi connectivity index (χ1) is 9.08. The Labute approximate surface area is 116 Å². The quantitative estimate of drug-likeness (QED) is 0.882. The lowest BCUT2D eigenvalue weighted by molar-refractivity contribution is 0.462. The fourth-order valence-corrected chi connectivity index (χ4v) is 2.59. The number of rotatable bonds is 5. The Hall–Kier alpha value is -1.46. The van der Waals surface area contributed by atoms with Crippen molar-refractivity contribution in [1.82, 2.24) is 10.3 Å². The first-order valence-electron chi connectivity index (χ1n) is 6.19. The van der Waals surface area contributed by atoms with E-state index in [9.17, 15) is 9.50 Å². The number of nitrogens with zero attached hydrogens (tertiary/aromatic N) is 1. The first-order valence-corrected chi connectivity index (χ1v) is 7.07. The lowest BCUT2D eigenvalue weighted by atomic mass is 10.1. The lowest BCUT2D eigenvalue weighted by Gasteiger charge is -2.17. The standard InChI is InChI=1S/C14H17FN2OS/c1-9(14-16-5-6-19-14)8-17-10(2)12-4-3-11(18)7-13(12)15/h3-7,9-10,17-18H,8H2,1-2H3. The molecule has 102 valence electrons. The molecular weight excluding hydrogens is 263 g/mol. The number of phenols is 1. The summed E-state index contributed by atoms with van der Waals surface area (Å²) in [6.07, 6.45) is 1.79. The van der Waals surface area contributed by atoms with Crippen molar-refractivity contribution in [3.63, 3.8) is 0 Å². The van der Waals surface area contributed by atoms with Gasteiger partial charge < -0.3 is 10.4 Å². The van der Waals surface area contributed by atoms with Gasteiger partial charge in [0.05, 0.1) is 5.01 Å². The molecule has 1 heterocycles. The summed E-state index contributed by atoms with van der Waals surface area (Å²) in [5.41, 5.74) is 0.559. The van der Waals surface area contributed by atoms with Gasteiger partial charge in [-0.25, -0.2) is 9.37 Å². The average Bonchev–Trinajstić information content (AvgIpc) is 2.89. The van der Waals surface area contributed by atoms with Gasteiger partial charge in [0.25, 0.3) is 0 Å². The summed E-state index contributed by atoms with van der Waals surface area (Å²) in [6.45, 7) is 4.73. The van der Waals surface area contributed by atoms with E-state index in [2.05, 4.69) is 17.2 Å². The average molecular weight is 280 g/mol. The van der Waals surface area contributed by atoms with Crippen LogP contribution in [0.4, 0.5) is 4.39 Å². The summed E-state index contributed by atoms with van der Waals surface area (Å²) in [4.78, 5) is 4.27. The van der Waals surface area contributed by atoms with Gasteiger partial charge in [-0.1, -0.05) is 13.0 Å². The second-order valence-electron chi connectivity index (χ2n) is 4.61. The van der Waals surface area contributed by atoms with E-state index in [1.807, 2.05) is 12.3 Å². The number of thiazole rings is 1. The molecule has 0 saturated carbocycles. The molecule has 0 aliphatic heterocycles. The maximum atomic E-state index is 13.7. The third-order valence-corrected chi connectivity index (χ3v) is 4.06. The molecule has 0 fully saturated rings. The highest BCUT2D eigenvalue weighted by molar-refractivity contribution is 7.09. The number of aromatic nitrogens is 1. The van der Waals surface area contributed by atoms with Crippen molar-refractivity contribution in [1.29, 1.82) is 0 Å². The van der Waals surface area contributed by atoms with Crippen molar-refractivity contribution < 1.29 is 9.50 Å². The van der Waals surface area contributed by atoms with Gasteiger partial charge in [-0.05, 0) is 13.0 Å². The fourth-order valence-electron chi connectivity index (χ4n) is 1.90. The van der Waals surface area contributed by atoms with Crippen LogP contribution in [0, 0.1) is 5.82 Å². The van der Waals surface area contributed by atoms with Gasteiger partial charge in [0, 0.05) is 41.7 Å². The highest BCUT2D eigenvalue weighted by Crippen LogP contribution is 2.22. The van der Waals surface area contributed by atoms with Gasteiger partial charge in [-0.15, -0.1) is 11.3 Å². The minimum Gasteiger partial charge on any atom is -0.508 e. The van der Waals surface area contributed by atoms with Crippen molar-refractivity contribution in [3.05, 3.63) is 46.2 Å².